The normalized spacial score (nSPS) is 11.4. The Morgan fingerprint density at radius 1 is 0.542 bits per heavy atom. The Morgan fingerprint density at radius 2 is 0.792 bits per heavy atom. The molecule has 0 heterocycles. The summed E-state index contributed by atoms with van der Waals surface area (Å²) in [6.45, 7) is 0.285. The van der Waals surface area contributed by atoms with Crippen molar-refractivity contribution in [1.82, 2.24) is 0 Å². The van der Waals surface area contributed by atoms with Gasteiger partial charge in [0, 0.05) is 6.54 Å². The van der Waals surface area contributed by atoms with Crippen LogP contribution in [0.2, 0.25) is 0 Å². The van der Waals surface area contributed by atoms with Gasteiger partial charge in [-0.05, 0) is 53.1 Å². The zero-order valence-corrected chi connectivity index (χ0v) is 13.1. The van der Waals surface area contributed by atoms with Gasteiger partial charge in [0.1, 0.15) is 17.2 Å². The number of phenolic OH excluding ortho intramolecular Hbond substituents is 3. The first-order chi connectivity index (χ1) is 11.6. The quantitative estimate of drug-likeness (QED) is 0.556. The van der Waals surface area contributed by atoms with Crippen LogP contribution in [0.3, 0.4) is 0 Å². The molecule has 122 valence electrons. The van der Waals surface area contributed by atoms with Crippen LogP contribution < -0.4 is 5.73 Å². The minimum atomic E-state index is -0.658. The van der Waals surface area contributed by atoms with Gasteiger partial charge < -0.3 is 21.1 Å². The van der Waals surface area contributed by atoms with Gasteiger partial charge in [0.15, 0.2) is 0 Å². The van der Waals surface area contributed by atoms with Crippen LogP contribution in [0.5, 0.6) is 17.2 Å². The molecule has 4 heteroatoms. The Balaban J connectivity index is 2.27. The van der Waals surface area contributed by atoms with E-state index in [0.717, 1.165) is 16.7 Å². The van der Waals surface area contributed by atoms with Crippen LogP contribution in [0.15, 0.2) is 72.8 Å². The Kier molecular flexibility index (Phi) is 4.15. The summed E-state index contributed by atoms with van der Waals surface area (Å²) in [7, 11) is 0. The Bertz CT molecular complexity index is 698. The average Bonchev–Trinajstić information content (AvgIpc) is 2.60. The third-order valence-electron chi connectivity index (χ3n) is 4.39. The molecule has 0 fully saturated rings. The number of benzene rings is 3. The molecule has 5 N–H and O–H groups in total. The summed E-state index contributed by atoms with van der Waals surface area (Å²) in [6, 6.07) is 20.8. The van der Waals surface area contributed by atoms with Crippen LogP contribution >= 0.6 is 0 Å². The third kappa shape index (κ3) is 2.68. The summed E-state index contributed by atoms with van der Waals surface area (Å²) in [5.74, 6) is 0.545. The maximum Gasteiger partial charge on any atom is 0.115 e. The van der Waals surface area contributed by atoms with Gasteiger partial charge in [0.2, 0.25) is 0 Å². The van der Waals surface area contributed by atoms with E-state index in [1.54, 1.807) is 36.4 Å². The van der Waals surface area contributed by atoms with Crippen molar-refractivity contribution in [3.63, 3.8) is 0 Å². The minimum Gasteiger partial charge on any atom is -0.508 e. The van der Waals surface area contributed by atoms with Crippen LogP contribution in [0.25, 0.3) is 0 Å². The lowest BCUT2D eigenvalue weighted by Gasteiger charge is -2.35. The van der Waals surface area contributed by atoms with Gasteiger partial charge >= 0.3 is 0 Å². The second kappa shape index (κ2) is 6.26. The highest BCUT2D eigenvalue weighted by atomic mass is 16.3. The largest absolute Gasteiger partial charge is 0.508 e. The van der Waals surface area contributed by atoms with Gasteiger partial charge in [0.05, 0.1) is 5.41 Å². The lowest BCUT2D eigenvalue weighted by atomic mass is 9.69. The van der Waals surface area contributed by atoms with E-state index in [4.69, 9.17) is 5.73 Å². The van der Waals surface area contributed by atoms with E-state index in [0.29, 0.717) is 0 Å². The fourth-order valence-corrected chi connectivity index (χ4v) is 3.09. The van der Waals surface area contributed by atoms with Crippen molar-refractivity contribution in [3.8, 4) is 17.2 Å². The van der Waals surface area contributed by atoms with Gasteiger partial charge in [-0.15, -0.1) is 0 Å². The molecule has 0 atom stereocenters. The topological polar surface area (TPSA) is 86.7 Å². The molecular weight excluding hydrogens is 302 g/mol. The van der Waals surface area contributed by atoms with E-state index in [-0.39, 0.29) is 23.8 Å². The highest BCUT2D eigenvalue weighted by Crippen LogP contribution is 2.39. The van der Waals surface area contributed by atoms with Crippen LogP contribution in [-0.2, 0) is 5.41 Å². The average molecular weight is 321 g/mol. The smallest absolute Gasteiger partial charge is 0.115 e. The van der Waals surface area contributed by atoms with Crippen LogP contribution in [0.1, 0.15) is 16.7 Å². The molecule has 0 aliphatic rings. The molecule has 3 aromatic rings. The summed E-state index contributed by atoms with van der Waals surface area (Å²) >= 11 is 0. The molecule has 4 nitrogen and oxygen atoms in total. The van der Waals surface area contributed by atoms with E-state index in [1.807, 2.05) is 36.4 Å². The molecule has 0 aliphatic heterocycles. The summed E-state index contributed by atoms with van der Waals surface area (Å²) in [5, 5.41) is 28.8. The standard InChI is InChI=1S/C20H19NO3/c21-13-20(14-1-7-17(22)8-2-14,15-3-9-18(23)10-4-15)16-5-11-19(24)12-6-16/h1-12,22-24H,13,21H2. The maximum absolute atomic E-state index is 9.61. The molecule has 0 saturated heterocycles. The van der Waals surface area contributed by atoms with Gasteiger partial charge in [-0.2, -0.15) is 0 Å². The first-order valence-corrected chi connectivity index (χ1v) is 7.65. The predicted octanol–water partition coefficient (Wildman–Crippen LogP) is 3.10. The van der Waals surface area contributed by atoms with Gasteiger partial charge in [0.25, 0.3) is 0 Å². The lowest BCUT2D eigenvalue weighted by molar-refractivity contribution is 0.473. The Morgan fingerprint density at radius 3 is 1.00 bits per heavy atom. The Hall–Kier alpha value is -2.98. The minimum absolute atomic E-state index is 0.182. The number of rotatable bonds is 4. The molecule has 3 rings (SSSR count). The molecule has 3 aromatic carbocycles. The zero-order valence-electron chi connectivity index (χ0n) is 13.1. The van der Waals surface area contributed by atoms with Crippen molar-refractivity contribution in [2.75, 3.05) is 6.54 Å². The summed E-state index contributed by atoms with van der Waals surface area (Å²) in [6.07, 6.45) is 0. The highest BCUT2D eigenvalue weighted by Gasteiger charge is 2.35. The monoisotopic (exact) mass is 321 g/mol. The van der Waals surface area contributed by atoms with Gasteiger partial charge in [-0.25, -0.2) is 0 Å². The fourth-order valence-electron chi connectivity index (χ4n) is 3.09. The van der Waals surface area contributed by atoms with Gasteiger partial charge in [-0.3, -0.25) is 0 Å². The predicted molar refractivity (Wildman–Crippen MR) is 93.3 cm³/mol. The number of phenols is 3. The third-order valence-corrected chi connectivity index (χ3v) is 4.39. The number of hydrogen-bond acceptors (Lipinski definition) is 4. The van der Waals surface area contributed by atoms with Crippen LogP contribution in [0, 0.1) is 0 Å². The summed E-state index contributed by atoms with van der Waals surface area (Å²) < 4.78 is 0. The van der Waals surface area contributed by atoms with Crippen molar-refractivity contribution in [3.05, 3.63) is 89.5 Å². The first-order valence-electron chi connectivity index (χ1n) is 7.65. The molecule has 0 radical (unpaired) electrons. The van der Waals surface area contributed by atoms with E-state index in [1.165, 1.54) is 0 Å². The van der Waals surface area contributed by atoms with Crippen molar-refractivity contribution in [2.45, 2.75) is 5.41 Å². The lowest BCUT2D eigenvalue weighted by Crippen LogP contribution is -2.37. The first kappa shape index (κ1) is 15.9. The molecule has 0 bridgehead atoms. The fraction of sp³-hybridized carbons (Fsp3) is 0.100. The molecule has 0 spiro atoms. The van der Waals surface area contributed by atoms with Crippen LogP contribution in [-0.4, -0.2) is 21.9 Å². The van der Waals surface area contributed by atoms with Gasteiger partial charge in [-0.1, -0.05) is 36.4 Å². The van der Waals surface area contributed by atoms with Crippen molar-refractivity contribution >= 4 is 0 Å². The number of hydrogen-bond donors (Lipinski definition) is 4. The van der Waals surface area contributed by atoms with E-state index in [2.05, 4.69) is 0 Å². The second-order valence-electron chi connectivity index (χ2n) is 5.75. The molecule has 24 heavy (non-hydrogen) atoms. The summed E-state index contributed by atoms with van der Waals surface area (Å²) in [5.41, 5.74) is 8.32. The number of nitrogens with two attached hydrogens (primary N) is 1. The molecule has 0 saturated carbocycles. The van der Waals surface area contributed by atoms with Crippen molar-refractivity contribution < 1.29 is 15.3 Å². The molecule has 0 unspecified atom stereocenters. The van der Waals surface area contributed by atoms with Crippen molar-refractivity contribution in [1.29, 1.82) is 0 Å². The van der Waals surface area contributed by atoms with E-state index < -0.39 is 5.41 Å². The number of aromatic hydroxyl groups is 3. The second-order valence-corrected chi connectivity index (χ2v) is 5.75. The summed E-state index contributed by atoms with van der Waals surface area (Å²) in [4.78, 5) is 0. The van der Waals surface area contributed by atoms with E-state index in [9.17, 15) is 15.3 Å². The molecule has 0 aromatic heterocycles. The SMILES string of the molecule is NCC(c1ccc(O)cc1)(c1ccc(O)cc1)c1ccc(O)cc1. The van der Waals surface area contributed by atoms with Crippen LogP contribution in [0.4, 0.5) is 0 Å². The molecule has 0 amide bonds. The maximum atomic E-state index is 9.61. The zero-order chi connectivity index (χ0) is 17.2. The Labute approximate surface area is 140 Å². The molecule has 0 aliphatic carbocycles. The molecular formula is C20H19NO3. The van der Waals surface area contributed by atoms with Crippen molar-refractivity contribution in [2.24, 2.45) is 5.73 Å². The highest BCUT2D eigenvalue weighted by molar-refractivity contribution is 5.53. The van der Waals surface area contributed by atoms with E-state index >= 15 is 0 Å².